The Morgan fingerprint density at radius 2 is 2.04 bits per heavy atom. The fourth-order valence-corrected chi connectivity index (χ4v) is 3.74. The number of amides is 1. The lowest BCUT2D eigenvalue weighted by Gasteiger charge is -2.14. The molecule has 0 aliphatic heterocycles. The van der Waals surface area contributed by atoms with Gasteiger partial charge < -0.3 is 9.88 Å². The second kappa shape index (κ2) is 6.32. The van der Waals surface area contributed by atoms with E-state index < -0.39 is 0 Å². The summed E-state index contributed by atoms with van der Waals surface area (Å²) in [6.45, 7) is 1.93. The number of imidazole rings is 1. The van der Waals surface area contributed by atoms with Gasteiger partial charge in [-0.2, -0.15) is 0 Å². The number of nitrogens with one attached hydrogen (secondary N) is 1. The number of anilines is 1. The minimum Gasteiger partial charge on any atom is -0.325 e. The van der Waals surface area contributed by atoms with Gasteiger partial charge in [-0.3, -0.25) is 4.79 Å². The van der Waals surface area contributed by atoms with Gasteiger partial charge in [0.2, 0.25) is 5.91 Å². The van der Waals surface area contributed by atoms with Crippen LogP contribution in [0.2, 0.25) is 0 Å². The highest BCUT2D eigenvalue weighted by Crippen LogP contribution is 2.38. The van der Waals surface area contributed by atoms with Crippen LogP contribution in [0.4, 0.5) is 5.69 Å². The van der Waals surface area contributed by atoms with Gasteiger partial charge >= 0.3 is 0 Å². The molecule has 0 unspecified atom stereocenters. The van der Waals surface area contributed by atoms with E-state index in [2.05, 4.69) is 27.0 Å². The highest BCUT2D eigenvalue weighted by molar-refractivity contribution is 8.00. The summed E-state index contributed by atoms with van der Waals surface area (Å²) in [6, 6.07) is 14.6. The fraction of sp³-hybridized carbons (Fsp3) is 0.263. The van der Waals surface area contributed by atoms with Crippen LogP contribution >= 0.6 is 11.8 Å². The molecule has 2 aromatic carbocycles. The van der Waals surface area contributed by atoms with Crippen molar-refractivity contribution in [2.75, 3.05) is 5.32 Å². The SMILES string of the molecule is C[C@@H](Sc1nccn1C1CC1)C(=O)Nc1cccc2ccccc12. The molecule has 4 rings (SSSR count). The molecule has 1 aliphatic rings. The molecule has 1 aromatic heterocycles. The van der Waals surface area contributed by atoms with Gasteiger partial charge in [-0.25, -0.2) is 4.98 Å². The normalized spacial score (nSPS) is 15.4. The van der Waals surface area contributed by atoms with Crippen LogP contribution in [0.25, 0.3) is 10.8 Å². The Morgan fingerprint density at radius 1 is 1.25 bits per heavy atom. The zero-order chi connectivity index (χ0) is 16.5. The Balaban J connectivity index is 1.49. The van der Waals surface area contributed by atoms with Gasteiger partial charge in [0.25, 0.3) is 0 Å². The van der Waals surface area contributed by atoms with E-state index in [1.165, 1.54) is 24.6 Å². The zero-order valence-corrected chi connectivity index (χ0v) is 14.3. The Kier molecular flexibility index (Phi) is 4.02. The number of carbonyl (C=O) groups is 1. The predicted octanol–water partition coefficient (Wildman–Crippen LogP) is 4.49. The third kappa shape index (κ3) is 3.04. The van der Waals surface area contributed by atoms with Crippen molar-refractivity contribution >= 4 is 34.1 Å². The molecule has 24 heavy (non-hydrogen) atoms. The van der Waals surface area contributed by atoms with E-state index in [-0.39, 0.29) is 11.2 Å². The molecular weight excluding hydrogens is 318 g/mol. The number of hydrogen-bond donors (Lipinski definition) is 1. The molecule has 1 N–H and O–H groups in total. The molecule has 0 spiro atoms. The van der Waals surface area contributed by atoms with Crippen LogP contribution in [-0.4, -0.2) is 20.7 Å². The minimum absolute atomic E-state index is 0.00157. The van der Waals surface area contributed by atoms with Crippen LogP contribution in [0.3, 0.4) is 0 Å². The fourth-order valence-electron chi connectivity index (χ4n) is 2.80. The van der Waals surface area contributed by atoms with Crippen LogP contribution in [0.15, 0.2) is 60.0 Å². The molecule has 3 aromatic rings. The van der Waals surface area contributed by atoms with Crippen LogP contribution in [0, 0.1) is 0 Å². The molecule has 1 heterocycles. The Morgan fingerprint density at radius 3 is 2.88 bits per heavy atom. The molecular formula is C19H19N3OS. The summed E-state index contributed by atoms with van der Waals surface area (Å²) >= 11 is 1.52. The van der Waals surface area contributed by atoms with Crippen molar-refractivity contribution in [2.24, 2.45) is 0 Å². The summed E-state index contributed by atoms with van der Waals surface area (Å²) in [4.78, 5) is 17.0. The summed E-state index contributed by atoms with van der Waals surface area (Å²) in [7, 11) is 0. The molecule has 1 atom stereocenters. The van der Waals surface area contributed by atoms with Crippen LogP contribution in [-0.2, 0) is 4.79 Å². The topological polar surface area (TPSA) is 46.9 Å². The molecule has 1 aliphatic carbocycles. The summed E-state index contributed by atoms with van der Waals surface area (Å²) in [5, 5.41) is 5.97. The number of thioether (sulfide) groups is 1. The first kappa shape index (κ1) is 15.3. The van der Waals surface area contributed by atoms with Gasteiger partial charge in [-0.1, -0.05) is 48.2 Å². The quantitative estimate of drug-likeness (QED) is 0.698. The maximum absolute atomic E-state index is 12.6. The second-order valence-corrected chi connectivity index (χ2v) is 7.43. The number of hydrogen-bond acceptors (Lipinski definition) is 3. The van der Waals surface area contributed by atoms with Crippen molar-refractivity contribution in [2.45, 2.75) is 36.2 Å². The number of aromatic nitrogens is 2. The van der Waals surface area contributed by atoms with E-state index in [9.17, 15) is 4.79 Å². The minimum atomic E-state index is -0.205. The lowest BCUT2D eigenvalue weighted by atomic mass is 10.1. The number of carbonyl (C=O) groups excluding carboxylic acids is 1. The van der Waals surface area contributed by atoms with Gasteiger partial charge in [0.05, 0.1) is 5.25 Å². The van der Waals surface area contributed by atoms with Crippen molar-refractivity contribution in [3.05, 3.63) is 54.9 Å². The first-order chi connectivity index (χ1) is 11.7. The van der Waals surface area contributed by atoms with E-state index in [1.54, 1.807) is 0 Å². The summed E-state index contributed by atoms with van der Waals surface area (Å²) in [5.74, 6) is 0.00157. The Hall–Kier alpha value is -2.27. The van der Waals surface area contributed by atoms with Crippen LogP contribution in [0.1, 0.15) is 25.8 Å². The number of nitrogens with zero attached hydrogens (tertiary/aromatic N) is 2. The average molecular weight is 337 g/mol. The van der Waals surface area contributed by atoms with Crippen molar-refractivity contribution in [3.63, 3.8) is 0 Å². The summed E-state index contributed by atoms with van der Waals surface area (Å²) in [6.07, 6.45) is 6.24. The zero-order valence-electron chi connectivity index (χ0n) is 13.5. The summed E-state index contributed by atoms with van der Waals surface area (Å²) in [5.41, 5.74) is 0.857. The van der Waals surface area contributed by atoms with Gasteiger partial charge in [-0.15, -0.1) is 0 Å². The van der Waals surface area contributed by atoms with Gasteiger partial charge in [0, 0.05) is 29.5 Å². The number of benzene rings is 2. The molecule has 4 nitrogen and oxygen atoms in total. The van der Waals surface area contributed by atoms with Gasteiger partial charge in [0.1, 0.15) is 0 Å². The third-order valence-corrected chi connectivity index (χ3v) is 5.37. The van der Waals surface area contributed by atoms with Crippen molar-refractivity contribution in [1.82, 2.24) is 9.55 Å². The molecule has 0 saturated heterocycles. The first-order valence-corrected chi connectivity index (χ1v) is 9.08. The lowest BCUT2D eigenvalue weighted by molar-refractivity contribution is -0.115. The highest BCUT2D eigenvalue weighted by Gasteiger charge is 2.27. The maximum atomic E-state index is 12.6. The molecule has 0 bridgehead atoms. The molecule has 1 fully saturated rings. The Bertz CT molecular complexity index is 880. The summed E-state index contributed by atoms with van der Waals surface area (Å²) < 4.78 is 2.19. The predicted molar refractivity (Wildman–Crippen MR) is 98.4 cm³/mol. The van der Waals surface area contributed by atoms with E-state index in [0.29, 0.717) is 6.04 Å². The molecule has 1 saturated carbocycles. The van der Waals surface area contributed by atoms with Crippen LogP contribution in [0.5, 0.6) is 0 Å². The molecule has 1 amide bonds. The van der Waals surface area contributed by atoms with Gasteiger partial charge in [-0.05, 0) is 31.2 Å². The number of fused-ring (bicyclic) bond motifs is 1. The second-order valence-electron chi connectivity index (χ2n) is 6.12. The average Bonchev–Trinajstić information content (AvgIpc) is 3.34. The van der Waals surface area contributed by atoms with Gasteiger partial charge in [0.15, 0.2) is 5.16 Å². The smallest absolute Gasteiger partial charge is 0.237 e. The number of rotatable bonds is 5. The van der Waals surface area contributed by atoms with E-state index in [1.807, 2.05) is 49.6 Å². The van der Waals surface area contributed by atoms with E-state index in [0.717, 1.165) is 21.6 Å². The maximum Gasteiger partial charge on any atom is 0.237 e. The molecule has 5 heteroatoms. The standard InChI is InChI=1S/C19H19N3OS/c1-13(24-19-20-11-12-22(19)15-9-10-15)18(23)21-17-8-4-6-14-5-2-3-7-16(14)17/h2-8,11-13,15H,9-10H2,1H3,(H,21,23)/t13-/m1/s1. The largest absolute Gasteiger partial charge is 0.325 e. The molecule has 122 valence electrons. The lowest BCUT2D eigenvalue weighted by Crippen LogP contribution is -2.23. The van der Waals surface area contributed by atoms with Crippen LogP contribution < -0.4 is 5.32 Å². The highest BCUT2D eigenvalue weighted by atomic mass is 32.2. The monoisotopic (exact) mass is 337 g/mol. The first-order valence-electron chi connectivity index (χ1n) is 8.20. The van der Waals surface area contributed by atoms with Crippen molar-refractivity contribution in [3.8, 4) is 0 Å². The van der Waals surface area contributed by atoms with Crippen molar-refractivity contribution in [1.29, 1.82) is 0 Å². The van der Waals surface area contributed by atoms with Crippen molar-refractivity contribution < 1.29 is 4.79 Å². The van der Waals surface area contributed by atoms with E-state index >= 15 is 0 Å². The molecule has 0 radical (unpaired) electrons. The third-order valence-electron chi connectivity index (χ3n) is 4.27. The van der Waals surface area contributed by atoms with E-state index in [4.69, 9.17) is 0 Å². The Labute approximate surface area is 145 Å².